The molecule has 0 radical (unpaired) electrons. The minimum absolute atomic E-state index is 0.0141. The SMILES string of the molecule is CC(O)CCC(=O)NCc1ccccc1. The lowest BCUT2D eigenvalue weighted by molar-refractivity contribution is -0.121. The molecule has 0 aliphatic carbocycles. The van der Waals surface area contributed by atoms with Crippen molar-refractivity contribution in [3.05, 3.63) is 35.9 Å². The highest BCUT2D eigenvalue weighted by atomic mass is 16.3. The maximum atomic E-state index is 11.3. The zero-order chi connectivity index (χ0) is 11.1. The number of hydrogen-bond donors (Lipinski definition) is 2. The van der Waals surface area contributed by atoms with E-state index in [-0.39, 0.29) is 5.91 Å². The molecule has 0 aliphatic rings. The summed E-state index contributed by atoms with van der Waals surface area (Å²) in [6.45, 7) is 2.24. The maximum Gasteiger partial charge on any atom is 0.220 e. The van der Waals surface area contributed by atoms with Crippen molar-refractivity contribution in [2.24, 2.45) is 0 Å². The molecule has 0 aliphatic heterocycles. The molecule has 3 heteroatoms. The quantitative estimate of drug-likeness (QED) is 0.768. The molecule has 3 nitrogen and oxygen atoms in total. The van der Waals surface area contributed by atoms with Gasteiger partial charge in [-0.1, -0.05) is 30.3 Å². The zero-order valence-electron chi connectivity index (χ0n) is 8.94. The van der Waals surface area contributed by atoms with E-state index in [4.69, 9.17) is 5.11 Å². The molecule has 0 spiro atoms. The Morgan fingerprint density at radius 3 is 2.67 bits per heavy atom. The maximum absolute atomic E-state index is 11.3. The molecule has 0 bridgehead atoms. The second-order valence-corrected chi connectivity index (χ2v) is 3.65. The van der Waals surface area contributed by atoms with E-state index < -0.39 is 6.10 Å². The molecule has 1 aromatic rings. The van der Waals surface area contributed by atoms with E-state index in [2.05, 4.69) is 5.32 Å². The summed E-state index contributed by atoms with van der Waals surface area (Å²) >= 11 is 0. The minimum atomic E-state index is -0.410. The van der Waals surface area contributed by atoms with Crippen molar-refractivity contribution < 1.29 is 9.90 Å². The van der Waals surface area contributed by atoms with E-state index >= 15 is 0 Å². The number of nitrogens with one attached hydrogen (secondary N) is 1. The summed E-state index contributed by atoms with van der Waals surface area (Å²) in [5, 5.41) is 11.8. The molecule has 2 N–H and O–H groups in total. The molecule has 0 saturated heterocycles. The molecular weight excluding hydrogens is 190 g/mol. The average molecular weight is 207 g/mol. The molecular formula is C12H17NO2. The van der Waals surface area contributed by atoms with Crippen molar-refractivity contribution in [2.45, 2.75) is 32.4 Å². The van der Waals surface area contributed by atoms with Gasteiger partial charge in [0.25, 0.3) is 0 Å². The molecule has 1 atom stereocenters. The highest BCUT2D eigenvalue weighted by Crippen LogP contribution is 1.99. The second-order valence-electron chi connectivity index (χ2n) is 3.65. The number of amides is 1. The minimum Gasteiger partial charge on any atom is -0.393 e. The largest absolute Gasteiger partial charge is 0.393 e. The van der Waals surface area contributed by atoms with E-state index in [9.17, 15) is 4.79 Å². The standard InChI is InChI=1S/C12H17NO2/c1-10(14)7-8-12(15)13-9-11-5-3-2-4-6-11/h2-6,10,14H,7-9H2,1H3,(H,13,15). The molecule has 1 aromatic carbocycles. The number of benzene rings is 1. The van der Waals surface area contributed by atoms with Gasteiger partial charge in [0.05, 0.1) is 6.10 Å². The number of rotatable bonds is 5. The number of hydrogen-bond acceptors (Lipinski definition) is 2. The second kappa shape index (κ2) is 6.19. The molecule has 0 aromatic heterocycles. The van der Waals surface area contributed by atoms with Gasteiger partial charge in [-0.05, 0) is 18.9 Å². The Balaban J connectivity index is 2.23. The Morgan fingerprint density at radius 2 is 2.07 bits per heavy atom. The molecule has 0 fully saturated rings. The van der Waals surface area contributed by atoms with Crippen LogP contribution >= 0.6 is 0 Å². The molecule has 1 unspecified atom stereocenters. The van der Waals surface area contributed by atoms with Crippen LogP contribution in [0.3, 0.4) is 0 Å². The molecule has 0 heterocycles. The van der Waals surface area contributed by atoms with Gasteiger partial charge in [-0.25, -0.2) is 0 Å². The first-order valence-corrected chi connectivity index (χ1v) is 5.17. The predicted octanol–water partition coefficient (Wildman–Crippen LogP) is 1.46. The fourth-order valence-corrected chi connectivity index (χ4v) is 1.22. The topological polar surface area (TPSA) is 49.3 Å². The molecule has 82 valence electrons. The Bertz CT molecular complexity index is 296. The Labute approximate surface area is 90.1 Å². The van der Waals surface area contributed by atoms with Crippen LogP contribution in [0.5, 0.6) is 0 Å². The van der Waals surface area contributed by atoms with Gasteiger partial charge in [-0.2, -0.15) is 0 Å². The van der Waals surface area contributed by atoms with Gasteiger partial charge in [-0.15, -0.1) is 0 Å². The van der Waals surface area contributed by atoms with Crippen LogP contribution < -0.4 is 5.32 Å². The van der Waals surface area contributed by atoms with Crippen LogP contribution in [0.1, 0.15) is 25.3 Å². The first-order chi connectivity index (χ1) is 7.18. The van der Waals surface area contributed by atoms with Gasteiger partial charge in [0.1, 0.15) is 0 Å². The first kappa shape index (κ1) is 11.7. The lowest BCUT2D eigenvalue weighted by Gasteiger charge is -2.06. The van der Waals surface area contributed by atoms with Gasteiger partial charge < -0.3 is 10.4 Å². The van der Waals surface area contributed by atoms with Gasteiger partial charge in [0, 0.05) is 13.0 Å². The summed E-state index contributed by atoms with van der Waals surface area (Å²) in [4.78, 5) is 11.3. The van der Waals surface area contributed by atoms with Gasteiger partial charge in [0.15, 0.2) is 0 Å². The summed E-state index contributed by atoms with van der Waals surface area (Å²) in [6, 6.07) is 9.76. The number of aliphatic hydroxyl groups excluding tert-OH is 1. The van der Waals surface area contributed by atoms with Crippen LogP contribution in [-0.4, -0.2) is 17.1 Å². The highest BCUT2D eigenvalue weighted by Gasteiger charge is 2.03. The van der Waals surface area contributed by atoms with Crippen LogP contribution in [0.25, 0.3) is 0 Å². The lowest BCUT2D eigenvalue weighted by Crippen LogP contribution is -2.23. The highest BCUT2D eigenvalue weighted by molar-refractivity contribution is 5.75. The Kier molecular flexibility index (Phi) is 4.84. The number of carbonyl (C=O) groups excluding carboxylic acids is 1. The van der Waals surface area contributed by atoms with Crippen molar-refractivity contribution in [1.29, 1.82) is 0 Å². The lowest BCUT2D eigenvalue weighted by atomic mass is 10.2. The summed E-state index contributed by atoms with van der Waals surface area (Å²) in [7, 11) is 0. The third kappa shape index (κ3) is 5.18. The molecule has 1 amide bonds. The fourth-order valence-electron chi connectivity index (χ4n) is 1.22. The smallest absolute Gasteiger partial charge is 0.220 e. The van der Waals surface area contributed by atoms with Gasteiger partial charge in [0.2, 0.25) is 5.91 Å². The first-order valence-electron chi connectivity index (χ1n) is 5.17. The van der Waals surface area contributed by atoms with E-state index in [1.165, 1.54) is 0 Å². The van der Waals surface area contributed by atoms with Crippen LogP contribution in [0.15, 0.2) is 30.3 Å². The van der Waals surface area contributed by atoms with Crippen molar-refractivity contribution in [2.75, 3.05) is 0 Å². The Hall–Kier alpha value is -1.35. The normalized spacial score (nSPS) is 12.1. The van der Waals surface area contributed by atoms with Crippen molar-refractivity contribution in [3.63, 3.8) is 0 Å². The van der Waals surface area contributed by atoms with Crippen molar-refractivity contribution in [1.82, 2.24) is 5.32 Å². The van der Waals surface area contributed by atoms with Crippen LogP contribution in [0, 0.1) is 0 Å². The van der Waals surface area contributed by atoms with E-state index in [1.807, 2.05) is 30.3 Å². The Morgan fingerprint density at radius 1 is 1.40 bits per heavy atom. The van der Waals surface area contributed by atoms with E-state index in [0.717, 1.165) is 5.56 Å². The summed E-state index contributed by atoms with van der Waals surface area (Å²) in [6.07, 6.45) is 0.484. The summed E-state index contributed by atoms with van der Waals surface area (Å²) in [5.74, 6) is -0.0141. The molecule has 0 saturated carbocycles. The van der Waals surface area contributed by atoms with Gasteiger partial charge in [-0.3, -0.25) is 4.79 Å². The zero-order valence-corrected chi connectivity index (χ0v) is 8.94. The predicted molar refractivity (Wildman–Crippen MR) is 59.2 cm³/mol. The van der Waals surface area contributed by atoms with Crippen LogP contribution in [-0.2, 0) is 11.3 Å². The monoisotopic (exact) mass is 207 g/mol. The van der Waals surface area contributed by atoms with Crippen LogP contribution in [0.4, 0.5) is 0 Å². The summed E-state index contributed by atoms with van der Waals surface area (Å²) < 4.78 is 0. The van der Waals surface area contributed by atoms with Crippen molar-refractivity contribution >= 4 is 5.91 Å². The average Bonchev–Trinajstić information content (AvgIpc) is 2.25. The fraction of sp³-hybridized carbons (Fsp3) is 0.417. The molecule has 15 heavy (non-hydrogen) atoms. The number of aliphatic hydroxyl groups is 1. The van der Waals surface area contributed by atoms with Crippen molar-refractivity contribution in [3.8, 4) is 0 Å². The third-order valence-electron chi connectivity index (χ3n) is 2.12. The van der Waals surface area contributed by atoms with Gasteiger partial charge >= 0.3 is 0 Å². The van der Waals surface area contributed by atoms with E-state index in [1.54, 1.807) is 6.92 Å². The van der Waals surface area contributed by atoms with Crippen LogP contribution in [0.2, 0.25) is 0 Å². The molecule has 1 rings (SSSR count). The number of carbonyl (C=O) groups is 1. The third-order valence-corrected chi connectivity index (χ3v) is 2.12. The van der Waals surface area contributed by atoms with E-state index in [0.29, 0.717) is 19.4 Å². The summed E-state index contributed by atoms with van der Waals surface area (Å²) in [5.41, 5.74) is 1.09.